The number of piperidine rings is 1. The number of nitrogens with two attached hydrogens (primary N) is 1. The molecule has 0 bridgehead atoms. The number of carbonyl (C=O) groups excluding carboxylic acids is 3. The van der Waals surface area contributed by atoms with E-state index >= 15 is 0 Å². The highest BCUT2D eigenvalue weighted by atomic mass is 16.2. The van der Waals surface area contributed by atoms with Crippen molar-refractivity contribution in [3.8, 4) is 0 Å². The first-order valence-electron chi connectivity index (χ1n) is 16.1. The largest absolute Gasteiger partial charge is 0.347 e. The number of carbonyl (C=O) groups is 3. The predicted molar refractivity (Wildman–Crippen MR) is 174 cm³/mol. The molecule has 2 atom stereocenters. The van der Waals surface area contributed by atoms with Crippen LogP contribution in [0.3, 0.4) is 0 Å². The highest BCUT2D eigenvalue weighted by Gasteiger charge is 2.33. The van der Waals surface area contributed by atoms with Gasteiger partial charge in [0.1, 0.15) is 0 Å². The molecule has 2 heterocycles. The third-order valence-corrected chi connectivity index (χ3v) is 9.42. The van der Waals surface area contributed by atoms with Crippen LogP contribution in [0.1, 0.15) is 77.4 Å². The second kappa shape index (κ2) is 14.7. The molecule has 0 aromatic heterocycles. The van der Waals surface area contributed by atoms with Crippen LogP contribution in [-0.2, 0) is 27.3 Å². The van der Waals surface area contributed by atoms with Crippen LogP contribution >= 0.6 is 0 Å². The van der Waals surface area contributed by atoms with Crippen molar-refractivity contribution in [3.05, 3.63) is 106 Å². The highest BCUT2D eigenvalue weighted by molar-refractivity contribution is 5.86. The van der Waals surface area contributed by atoms with Gasteiger partial charge >= 0.3 is 0 Å². The van der Waals surface area contributed by atoms with Gasteiger partial charge in [0.25, 0.3) is 0 Å². The zero-order chi connectivity index (χ0) is 31.1. The van der Waals surface area contributed by atoms with Crippen molar-refractivity contribution in [2.75, 3.05) is 26.2 Å². The molecule has 232 valence electrons. The van der Waals surface area contributed by atoms with Gasteiger partial charge in [-0.15, -0.1) is 0 Å². The fourth-order valence-electron chi connectivity index (χ4n) is 6.72. The summed E-state index contributed by atoms with van der Waals surface area (Å²) in [7, 11) is 0. The molecule has 7 nitrogen and oxygen atoms in total. The summed E-state index contributed by atoms with van der Waals surface area (Å²) in [6.07, 6.45) is 4.89. The van der Waals surface area contributed by atoms with E-state index in [1.807, 2.05) is 34.1 Å². The Bertz CT molecular complexity index is 1420. The summed E-state index contributed by atoms with van der Waals surface area (Å²) in [5.74, 6) is 0.133. The van der Waals surface area contributed by atoms with Gasteiger partial charge in [0.15, 0.2) is 0 Å². The number of rotatable bonds is 6. The van der Waals surface area contributed by atoms with Crippen LogP contribution in [0.2, 0.25) is 0 Å². The molecule has 2 fully saturated rings. The van der Waals surface area contributed by atoms with E-state index in [0.29, 0.717) is 38.4 Å². The number of benzene rings is 3. The Morgan fingerprint density at radius 1 is 0.818 bits per heavy atom. The van der Waals surface area contributed by atoms with Gasteiger partial charge in [-0.05, 0) is 74.1 Å². The maximum atomic E-state index is 12.9. The average molecular weight is 595 g/mol. The number of nitrogens with one attached hydrogen (secondary N) is 1. The summed E-state index contributed by atoms with van der Waals surface area (Å²) in [5.41, 5.74) is 13.8. The van der Waals surface area contributed by atoms with E-state index in [1.54, 1.807) is 0 Å². The summed E-state index contributed by atoms with van der Waals surface area (Å²) in [4.78, 5) is 41.7. The quantitative estimate of drug-likeness (QED) is 0.410. The zero-order valence-electron chi connectivity index (χ0n) is 26.1. The van der Waals surface area contributed by atoms with Gasteiger partial charge < -0.3 is 20.9 Å². The van der Waals surface area contributed by atoms with Crippen molar-refractivity contribution >= 4 is 17.7 Å². The van der Waals surface area contributed by atoms with Crippen molar-refractivity contribution in [2.45, 2.75) is 70.9 Å². The third kappa shape index (κ3) is 7.75. The second-order valence-electron chi connectivity index (χ2n) is 12.5. The molecule has 2 unspecified atom stereocenters. The third-order valence-electron chi connectivity index (χ3n) is 9.42. The first-order chi connectivity index (χ1) is 21.3. The Labute approximate surface area is 261 Å². The Balaban J connectivity index is 0.000000418. The van der Waals surface area contributed by atoms with Gasteiger partial charge in [0.2, 0.25) is 17.7 Å². The summed E-state index contributed by atoms with van der Waals surface area (Å²) >= 11 is 0. The summed E-state index contributed by atoms with van der Waals surface area (Å²) in [5, 5.41) is 2.86. The first kappa shape index (κ1) is 31.5. The number of likely N-dealkylation sites (tertiary alicyclic amines) is 2. The zero-order valence-corrected chi connectivity index (χ0v) is 26.1. The Hall–Kier alpha value is -3.97. The number of fused-ring (bicyclic) bond motifs is 1. The molecule has 2 aliphatic heterocycles. The van der Waals surface area contributed by atoms with Crippen molar-refractivity contribution in [1.29, 1.82) is 0 Å². The van der Waals surface area contributed by atoms with Crippen LogP contribution in [-0.4, -0.2) is 53.7 Å². The van der Waals surface area contributed by atoms with Crippen LogP contribution < -0.4 is 11.1 Å². The van der Waals surface area contributed by atoms with Gasteiger partial charge in [0.05, 0.1) is 12.5 Å². The molecule has 0 saturated carbocycles. The molecule has 3 aromatic rings. The maximum Gasteiger partial charge on any atom is 0.241 e. The molecule has 6 rings (SSSR count). The molecular formula is C37H46N4O3. The lowest BCUT2D eigenvalue weighted by molar-refractivity contribution is -0.135. The van der Waals surface area contributed by atoms with Gasteiger partial charge in [-0.1, -0.05) is 83.9 Å². The SMILES string of the molecule is Cc1ccc(C)cc1.NC1c2ccccc2CCC1C(=O)NCC(=O)N1CCC(c2ccccc2CN2CCCC2=O)CC1. The number of amides is 3. The van der Waals surface area contributed by atoms with Crippen LogP contribution in [0.25, 0.3) is 0 Å². The fourth-order valence-corrected chi connectivity index (χ4v) is 6.72. The lowest BCUT2D eigenvalue weighted by atomic mass is 9.79. The van der Waals surface area contributed by atoms with Crippen LogP contribution in [0.4, 0.5) is 0 Å². The average Bonchev–Trinajstić information content (AvgIpc) is 3.46. The summed E-state index contributed by atoms with van der Waals surface area (Å²) < 4.78 is 0. The fraction of sp³-hybridized carbons (Fsp3) is 0.432. The standard InChI is InChI=1S/C29H36N4O3.C8H10/c30-28-24-9-4-1-6-20(24)11-12-25(28)29(36)31-18-27(35)32-16-13-21(14-17-32)23-8-3-2-7-22(23)19-33-15-5-10-26(33)34;1-7-3-5-8(2)6-4-7/h1-4,6-9,21,25,28H,5,10-19,30H2,(H,31,36);3-6H,1-2H3. The molecule has 1 aliphatic carbocycles. The molecule has 0 spiro atoms. The van der Waals surface area contributed by atoms with Crippen molar-refractivity contribution in [2.24, 2.45) is 11.7 Å². The van der Waals surface area contributed by atoms with E-state index < -0.39 is 0 Å². The summed E-state index contributed by atoms with van der Waals surface area (Å²) in [6, 6.07) is 24.6. The lowest BCUT2D eigenvalue weighted by Gasteiger charge is -2.34. The molecule has 3 amide bonds. The Morgan fingerprint density at radius 2 is 1.45 bits per heavy atom. The van der Waals surface area contributed by atoms with Crippen molar-refractivity contribution in [1.82, 2.24) is 15.1 Å². The number of aryl methyl sites for hydroxylation is 3. The molecule has 3 aliphatic rings. The monoisotopic (exact) mass is 594 g/mol. The second-order valence-corrected chi connectivity index (χ2v) is 12.5. The molecular weight excluding hydrogens is 548 g/mol. The molecule has 2 saturated heterocycles. The van der Waals surface area contributed by atoms with Crippen LogP contribution in [0, 0.1) is 19.8 Å². The van der Waals surface area contributed by atoms with Gasteiger partial charge in [-0.2, -0.15) is 0 Å². The molecule has 0 radical (unpaired) electrons. The number of hydrogen-bond acceptors (Lipinski definition) is 4. The van der Waals surface area contributed by atoms with Crippen molar-refractivity contribution < 1.29 is 14.4 Å². The van der Waals surface area contributed by atoms with Crippen LogP contribution in [0.5, 0.6) is 0 Å². The van der Waals surface area contributed by atoms with E-state index in [2.05, 4.69) is 67.7 Å². The van der Waals surface area contributed by atoms with Crippen molar-refractivity contribution in [3.63, 3.8) is 0 Å². The lowest BCUT2D eigenvalue weighted by Crippen LogP contribution is -2.46. The topological polar surface area (TPSA) is 95.7 Å². The number of hydrogen-bond donors (Lipinski definition) is 2. The van der Waals surface area contributed by atoms with E-state index in [4.69, 9.17) is 5.73 Å². The number of nitrogens with zero attached hydrogens (tertiary/aromatic N) is 2. The van der Waals surface area contributed by atoms with Gasteiger partial charge in [-0.3, -0.25) is 14.4 Å². The Kier molecular flexibility index (Phi) is 10.5. The predicted octanol–water partition coefficient (Wildman–Crippen LogP) is 5.20. The van der Waals surface area contributed by atoms with Gasteiger partial charge in [-0.25, -0.2) is 0 Å². The minimum absolute atomic E-state index is 0.0159. The van der Waals surface area contributed by atoms with E-state index in [1.165, 1.54) is 27.8 Å². The molecule has 3 aromatic carbocycles. The molecule has 3 N–H and O–H groups in total. The molecule has 7 heteroatoms. The normalized spacial score (nSPS) is 20.0. The van der Waals surface area contributed by atoms with E-state index in [9.17, 15) is 14.4 Å². The smallest absolute Gasteiger partial charge is 0.241 e. The highest BCUT2D eigenvalue weighted by Crippen LogP contribution is 2.33. The van der Waals surface area contributed by atoms with Gasteiger partial charge in [0, 0.05) is 38.6 Å². The Morgan fingerprint density at radius 3 is 2.11 bits per heavy atom. The van der Waals surface area contributed by atoms with E-state index in [-0.39, 0.29) is 36.2 Å². The maximum absolute atomic E-state index is 12.9. The summed E-state index contributed by atoms with van der Waals surface area (Å²) in [6.45, 7) is 7.07. The first-order valence-corrected chi connectivity index (χ1v) is 16.1. The minimum Gasteiger partial charge on any atom is -0.347 e. The van der Waals surface area contributed by atoms with E-state index in [0.717, 1.165) is 37.8 Å². The molecule has 44 heavy (non-hydrogen) atoms. The van der Waals surface area contributed by atoms with Crippen LogP contribution in [0.15, 0.2) is 72.8 Å². The minimum atomic E-state index is -0.336.